The maximum absolute atomic E-state index is 3.59. The Hall–Kier alpha value is -0.0400. The molecule has 1 rings (SSSR count). The van der Waals surface area contributed by atoms with Gasteiger partial charge in [0.15, 0.2) is 0 Å². The highest BCUT2D eigenvalue weighted by molar-refractivity contribution is 4.84. The van der Waals surface area contributed by atoms with Crippen LogP contribution in [0.25, 0.3) is 0 Å². The molecule has 1 heteroatoms. The molecule has 0 aromatic rings. The van der Waals surface area contributed by atoms with Crippen LogP contribution in [-0.2, 0) is 0 Å². The molecule has 0 aromatic heterocycles. The average Bonchev–Trinajstić information content (AvgIpc) is 2.30. The predicted molar refractivity (Wildman–Crippen MR) is 72.7 cm³/mol. The Morgan fingerprint density at radius 3 is 2.38 bits per heavy atom. The first-order valence-electron chi connectivity index (χ1n) is 7.36. The molecule has 3 atom stereocenters. The van der Waals surface area contributed by atoms with Crippen LogP contribution in [0.4, 0.5) is 0 Å². The Kier molecular flexibility index (Phi) is 6.41. The molecular weight excluding hydrogens is 194 g/mol. The van der Waals surface area contributed by atoms with Crippen molar-refractivity contribution in [2.45, 2.75) is 71.8 Å². The third-order valence-corrected chi connectivity index (χ3v) is 4.43. The second-order valence-corrected chi connectivity index (χ2v) is 5.98. The minimum absolute atomic E-state index is 0.771. The molecule has 1 saturated carbocycles. The van der Waals surface area contributed by atoms with Crippen molar-refractivity contribution in [3.05, 3.63) is 0 Å². The lowest BCUT2D eigenvalue weighted by Crippen LogP contribution is -2.39. The standard InChI is InChI=1S/C15H31N/c1-5-13-8-6-7-9-14(13)15(16-4)11-10-12(2)3/h12-16H,5-11H2,1-4H3. The summed E-state index contributed by atoms with van der Waals surface area (Å²) in [6, 6.07) is 0.771. The van der Waals surface area contributed by atoms with E-state index in [0.29, 0.717) is 0 Å². The zero-order chi connectivity index (χ0) is 12.0. The summed E-state index contributed by atoms with van der Waals surface area (Å²) in [4.78, 5) is 0. The van der Waals surface area contributed by atoms with Crippen molar-refractivity contribution in [1.29, 1.82) is 0 Å². The summed E-state index contributed by atoms with van der Waals surface area (Å²) in [6.45, 7) is 7.05. The topological polar surface area (TPSA) is 12.0 Å². The summed E-state index contributed by atoms with van der Waals surface area (Å²) in [5.41, 5.74) is 0. The lowest BCUT2D eigenvalue weighted by molar-refractivity contribution is 0.170. The SMILES string of the molecule is CCC1CCCCC1C(CCC(C)C)NC. The summed E-state index contributed by atoms with van der Waals surface area (Å²) in [5, 5.41) is 3.59. The van der Waals surface area contributed by atoms with Crippen molar-refractivity contribution in [2.24, 2.45) is 17.8 Å². The predicted octanol–water partition coefficient (Wildman–Crippen LogP) is 4.23. The fourth-order valence-electron chi connectivity index (χ4n) is 3.36. The largest absolute Gasteiger partial charge is 0.317 e. The van der Waals surface area contributed by atoms with Crippen LogP contribution in [0.1, 0.15) is 65.7 Å². The van der Waals surface area contributed by atoms with Crippen LogP contribution < -0.4 is 5.32 Å². The van der Waals surface area contributed by atoms with Gasteiger partial charge in [0.05, 0.1) is 0 Å². The highest BCUT2D eigenvalue weighted by Crippen LogP contribution is 2.35. The lowest BCUT2D eigenvalue weighted by atomic mass is 9.73. The molecule has 1 N–H and O–H groups in total. The van der Waals surface area contributed by atoms with Gasteiger partial charge in [-0.3, -0.25) is 0 Å². The fraction of sp³-hybridized carbons (Fsp3) is 1.00. The molecule has 1 aliphatic carbocycles. The molecular formula is C15H31N. The highest BCUT2D eigenvalue weighted by Gasteiger charge is 2.29. The number of hydrogen-bond acceptors (Lipinski definition) is 1. The van der Waals surface area contributed by atoms with E-state index in [4.69, 9.17) is 0 Å². The third-order valence-electron chi connectivity index (χ3n) is 4.43. The second kappa shape index (κ2) is 7.32. The van der Waals surface area contributed by atoms with Gasteiger partial charge >= 0.3 is 0 Å². The fourth-order valence-corrected chi connectivity index (χ4v) is 3.36. The Labute approximate surface area is 102 Å². The van der Waals surface area contributed by atoms with E-state index in [-0.39, 0.29) is 0 Å². The van der Waals surface area contributed by atoms with Crippen LogP contribution in [0.2, 0.25) is 0 Å². The van der Waals surface area contributed by atoms with Gasteiger partial charge < -0.3 is 5.32 Å². The molecule has 0 heterocycles. The maximum Gasteiger partial charge on any atom is 0.00950 e. The molecule has 0 radical (unpaired) electrons. The number of nitrogens with one attached hydrogen (secondary N) is 1. The van der Waals surface area contributed by atoms with E-state index in [0.717, 1.165) is 23.8 Å². The van der Waals surface area contributed by atoms with Gasteiger partial charge in [0.25, 0.3) is 0 Å². The number of rotatable bonds is 6. The highest BCUT2D eigenvalue weighted by atomic mass is 14.9. The zero-order valence-electron chi connectivity index (χ0n) is 11.8. The van der Waals surface area contributed by atoms with Gasteiger partial charge in [-0.15, -0.1) is 0 Å². The Balaban J connectivity index is 2.48. The van der Waals surface area contributed by atoms with Crippen molar-refractivity contribution in [3.8, 4) is 0 Å². The van der Waals surface area contributed by atoms with Gasteiger partial charge in [-0.25, -0.2) is 0 Å². The van der Waals surface area contributed by atoms with Crippen LogP contribution in [0, 0.1) is 17.8 Å². The average molecular weight is 225 g/mol. The Morgan fingerprint density at radius 1 is 1.12 bits per heavy atom. The molecule has 1 fully saturated rings. The molecule has 0 amide bonds. The summed E-state index contributed by atoms with van der Waals surface area (Å²) >= 11 is 0. The summed E-state index contributed by atoms with van der Waals surface area (Å²) < 4.78 is 0. The second-order valence-electron chi connectivity index (χ2n) is 5.98. The normalized spacial score (nSPS) is 28.3. The van der Waals surface area contributed by atoms with Gasteiger partial charge in [-0.2, -0.15) is 0 Å². The van der Waals surface area contributed by atoms with E-state index < -0.39 is 0 Å². The van der Waals surface area contributed by atoms with Gasteiger partial charge in [0, 0.05) is 6.04 Å². The zero-order valence-corrected chi connectivity index (χ0v) is 11.8. The maximum atomic E-state index is 3.59. The number of hydrogen-bond donors (Lipinski definition) is 1. The summed E-state index contributed by atoms with van der Waals surface area (Å²) in [5.74, 6) is 2.78. The minimum Gasteiger partial charge on any atom is -0.317 e. The van der Waals surface area contributed by atoms with Crippen LogP contribution in [0.5, 0.6) is 0 Å². The minimum atomic E-state index is 0.771. The monoisotopic (exact) mass is 225 g/mol. The van der Waals surface area contributed by atoms with E-state index in [1.165, 1.54) is 44.9 Å². The van der Waals surface area contributed by atoms with Crippen LogP contribution in [0.15, 0.2) is 0 Å². The van der Waals surface area contributed by atoms with Crippen molar-refractivity contribution >= 4 is 0 Å². The van der Waals surface area contributed by atoms with Crippen LogP contribution >= 0.6 is 0 Å². The van der Waals surface area contributed by atoms with E-state index >= 15 is 0 Å². The quantitative estimate of drug-likeness (QED) is 0.713. The van der Waals surface area contributed by atoms with Crippen molar-refractivity contribution in [3.63, 3.8) is 0 Å². The van der Waals surface area contributed by atoms with Crippen LogP contribution in [0.3, 0.4) is 0 Å². The summed E-state index contributed by atoms with van der Waals surface area (Å²) in [6.07, 6.45) is 9.98. The Bertz CT molecular complexity index is 176. The summed E-state index contributed by atoms with van der Waals surface area (Å²) in [7, 11) is 2.16. The first kappa shape index (κ1) is 14.0. The van der Waals surface area contributed by atoms with Gasteiger partial charge in [0.1, 0.15) is 0 Å². The third kappa shape index (κ3) is 4.08. The molecule has 16 heavy (non-hydrogen) atoms. The van der Waals surface area contributed by atoms with Crippen molar-refractivity contribution < 1.29 is 0 Å². The molecule has 0 bridgehead atoms. The van der Waals surface area contributed by atoms with E-state index in [1.807, 2.05) is 0 Å². The molecule has 0 aromatic carbocycles. The lowest BCUT2D eigenvalue weighted by Gasteiger charge is -2.37. The molecule has 0 spiro atoms. The first-order chi connectivity index (χ1) is 7.69. The first-order valence-corrected chi connectivity index (χ1v) is 7.36. The molecule has 1 nitrogen and oxygen atoms in total. The molecule has 1 aliphatic rings. The molecule has 96 valence electrons. The van der Waals surface area contributed by atoms with E-state index in [1.54, 1.807) is 0 Å². The van der Waals surface area contributed by atoms with Gasteiger partial charge in [0.2, 0.25) is 0 Å². The van der Waals surface area contributed by atoms with E-state index in [2.05, 4.69) is 33.1 Å². The molecule has 3 unspecified atom stereocenters. The smallest absolute Gasteiger partial charge is 0.00950 e. The Morgan fingerprint density at radius 2 is 1.81 bits per heavy atom. The van der Waals surface area contributed by atoms with Crippen molar-refractivity contribution in [2.75, 3.05) is 7.05 Å². The molecule has 0 saturated heterocycles. The van der Waals surface area contributed by atoms with Crippen molar-refractivity contribution in [1.82, 2.24) is 5.32 Å². The van der Waals surface area contributed by atoms with Gasteiger partial charge in [-0.1, -0.05) is 46.5 Å². The molecule has 0 aliphatic heterocycles. The van der Waals surface area contributed by atoms with E-state index in [9.17, 15) is 0 Å². The van der Waals surface area contributed by atoms with Crippen LogP contribution in [-0.4, -0.2) is 13.1 Å². The van der Waals surface area contributed by atoms with Gasteiger partial charge in [-0.05, 0) is 44.1 Å².